The van der Waals surface area contributed by atoms with Crippen LogP contribution in [0.5, 0.6) is 0 Å². The average molecular weight is 408 g/mol. The van der Waals surface area contributed by atoms with Crippen molar-refractivity contribution in [3.8, 4) is 0 Å². The summed E-state index contributed by atoms with van der Waals surface area (Å²) in [6, 6.07) is 6.27. The summed E-state index contributed by atoms with van der Waals surface area (Å²) in [6.45, 7) is 7.54. The number of hydrogen-bond acceptors (Lipinski definition) is 7. The van der Waals surface area contributed by atoms with Gasteiger partial charge in [-0.3, -0.25) is 15.2 Å². The van der Waals surface area contributed by atoms with Crippen LogP contribution < -0.4 is 21.5 Å². The maximum absolute atomic E-state index is 11.5. The minimum Gasteiger partial charge on any atom is -0.381 e. The summed E-state index contributed by atoms with van der Waals surface area (Å²) < 4.78 is 0. The number of hydrogen-bond donors (Lipinski definition) is 4. The molecule has 2 aliphatic rings. The molecule has 4 rings (SSSR count). The van der Waals surface area contributed by atoms with Crippen LogP contribution in [0.3, 0.4) is 0 Å². The van der Waals surface area contributed by atoms with E-state index < -0.39 is 0 Å². The molecule has 4 N–H and O–H groups in total. The quantitative estimate of drug-likeness (QED) is 0.605. The smallest absolute Gasteiger partial charge is 0.219 e. The minimum absolute atomic E-state index is 0.152. The van der Waals surface area contributed by atoms with Crippen molar-refractivity contribution >= 4 is 28.4 Å². The predicted octanol–water partition coefficient (Wildman–Crippen LogP) is 2.95. The first-order valence-corrected chi connectivity index (χ1v) is 10.5. The van der Waals surface area contributed by atoms with E-state index >= 15 is 0 Å². The highest BCUT2D eigenvalue weighted by Gasteiger charge is 2.20. The summed E-state index contributed by atoms with van der Waals surface area (Å²) in [4.78, 5) is 22.7. The van der Waals surface area contributed by atoms with E-state index in [-0.39, 0.29) is 5.91 Å². The molecule has 0 saturated carbocycles. The molecule has 1 fully saturated rings. The fraction of sp³-hybridized carbons (Fsp3) is 0.409. The van der Waals surface area contributed by atoms with Crippen LogP contribution in [0.4, 0.5) is 11.5 Å². The molecule has 4 heterocycles. The van der Waals surface area contributed by atoms with Crippen molar-refractivity contribution in [2.24, 2.45) is 5.92 Å². The fourth-order valence-electron chi connectivity index (χ4n) is 3.71. The van der Waals surface area contributed by atoms with Gasteiger partial charge >= 0.3 is 0 Å². The Hall–Kier alpha value is -3.29. The van der Waals surface area contributed by atoms with Gasteiger partial charge in [-0.1, -0.05) is 13.8 Å². The second-order valence-corrected chi connectivity index (χ2v) is 8.13. The number of nitrogens with zero attached hydrogens (tertiary/aromatic N) is 3. The molecule has 158 valence electrons. The van der Waals surface area contributed by atoms with Gasteiger partial charge in [-0.15, -0.1) is 0 Å². The van der Waals surface area contributed by atoms with Crippen molar-refractivity contribution in [2.45, 2.75) is 39.7 Å². The molecule has 1 amide bonds. The van der Waals surface area contributed by atoms with Crippen molar-refractivity contribution < 1.29 is 4.79 Å². The average Bonchev–Trinajstić information content (AvgIpc) is 2.74. The number of carbonyl (C=O) groups excluding carboxylic acids is 1. The molecule has 0 bridgehead atoms. The lowest BCUT2D eigenvalue weighted by Gasteiger charge is -2.32. The van der Waals surface area contributed by atoms with Crippen molar-refractivity contribution in [3.05, 3.63) is 48.1 Å². The first-order chi connectivity index (χ1) is 14.5. The molecule has 8 heteroatoms. The SMILES string of the molecule is CC(=O)N1CCC(Nc2cnc3ccc(NC4=CC(C(C)C)=CNN4)nc3c2)CC1. The number of likely N-dealkylation sites (tertiary alicyclic amines) is 1. The van der Waals surface area contributed by atoms with Crippen molar-refractivity contribution in [1.82, 2.24) is 25.7 Å². The van der Waals surface area contributed by atoms with Gasteiger partial charge in [0.2, 0.25) is 5.91 Å². The number of fused-ring (bicyclic) bond motifs is 1. The Balaban J connectivity index is 1.45. The van der Waals surface area contributed by atoms with Crippen LogP contribution in [0, 0.1) is 5.92 Å². The molecule has 30 heavy (non-hydrogen) atoms. The number of carbonyl (C=O) groups is 1. The molecule has 0 unspecified atom stereocenters. The van der Waals surface area contributed by atoms with Crippen molar-refractivity contribution in [1.29, 1.82) is 0 Å². The number of anilines is 2. The van der Waals surface area contributed by atoms with Gasteiger partial charge in [-0.2, -0.15) is 0 Å². The van der Waals surface area contributed by atoms with Gasteiger partial charge in [0.15, 0.2) is 0 Å². The number of pyridine rings is 2. The Morgan fingerprint density at radius 2 is 2.03 bits per heavy atom. The van der Waals surface area contributed by atoms with Gasteiger partial charge < -0.3 is 21.0 Å². The van der Waals surface area contributed by atoms with Crippen LogP contribution in [-0.2, 0) is 4.79 Å². The molecule has 8 nitrogen and oxygen atoms in total. The summed E-state index contributed by atoms with van der Waals surface area (Å²) in [5, 5.41) is 6.87. The van der Waals surface area contributed by atoms with Gasteiger partial charge in [0.1, 0.15) is 11.6 Å². The van der Waals surface area contributed by atoms with Crippen molar-refractivity contribution in [3.63, 3.8) is 0 Å². The standard InChI is InChI=1S/C22H29N7O/c1-14(2)16-10-22(28-24-12-16)27-21-5-4-19-20(26-21)11-18(13-23-19)25-17-6-8-29(9-7-17)15(3)30/h4-5,10-14,17,24-25,28H,6-9H2,1-3H3,(H,26,27). The highest BCUT2D eigenvalue weighted by molar-refractivity contribution is 5.79. The Morgan fingerprint density at radius 3 is 2.77 bits per heavy atom. The number of allylic oxidation sites excluding steroid dienone is 2. The maximum Gasteiger partial charge on any atom is 0.219 e. The third-order valence-corrected chi connectivity index (χ3v) is 5.53. The molecule has 0 spiro atoms. The first-order valence-electron chi connectivity index (χ1n) is 10.5. The fourth-order valence-corrected chi connectivity index (χ4v) is 3.71. The van der Waals surface area contributed by atoms with E-state index in [1.54, 1.807) is 6.92 Å². The third-order valence-electron chi connectivity index (χ3n) is 5.53. The van der Waals surface area contributed by atoms with Crippen molar-refractivity contribution in [2.75, 3.05) is 23.7 Å². The second-order valence-electron chi connectivity index (χ2n) is 8.13. The first kappa shape index (κ1) is 20.0. The monoisotopic (exact) mass is 407 g/mol. The topological polar surface area (TPSA) is 94.2 Å². The van der Waals surface area contributed by atoms with Gasteiger partial charge in [-0.05, 0) is 48.6 Å². The highest BCUT2D eigenvalue weighted by atomic mass is 16.2. The van der Waals surface area contributed by atoms with Gasteiger partial charge in [0.25, 0.3) is 0 Å². The van der Waals surface area contributed by atoms with E-state index in [9.17, 15) is 4.79 Å². The normalized spacial score (nSPS) is 17.1. The number of aromatic nitrogens is 2. The van der Waals surface area contributed by atoms with Crippen LogP contribution in [0.25, 0.3) is 11.0 Å². The van der Waals surface area contributed by atoms with Crippen LogP contribution >= 0.6 is 0 Å². The molecule has 0 aliphatic carbocycles. The molecule has 0 aromatic carbocycles. The number of hydrazine groups is 1. The third kappa shape index (κ3) is 4.64. The summed E-state index contributed by atoms with van der Waals surface area (Å²) in [5.74, 6) is 2.19. The molecule has 2 aromatic rings. The predicted molar refractivity (Wildman–Crippen MR) is 119 cm³/mol. The number of amides is 1. The Morgan fingerprint density at radius 1 is 1.23 bits per heavy atom. The van der Waals surface area contributed by atoms with E-state index in [0.717, 1.165) is 54.3 Å². The maximum atomic E-state index is 11.5. The second kappa shape index (κ2) is 8.61. The zero-order valence-electron chi connectivity index (χ0n) is 17.7. The number of piperidine rings is 1. The summed E-state index contributed by atoms with van der Waals surface area (Å²) in [5.41, 5.74) is 10.0. The van der Waals surface area contributed by atoms with E-state index in [1.807, 2.05) is 35.5 Å². The largest absolute Gasteiger partial charge is 0.381 e. The lowest BCUT2D eigenvalue weighted by molar-refractivity contribution is -0.129. The Labute approximate surface area is 176 Å². The molecule has 0 radical (unpaired) electrons. The zero-order chi connectivity index (χ0) is 21.1. The lowest BCUT2D eigenvalue weighted by atomic mass is 10.0. The molecule has 0 atom stereocenters. The van der Waals surface area contributed by atoms with Crippen LogP contribution in [0.2, 0.25) is 0 Å². The van der Waals surface area contributed by atoms with Crippen LogP contribution in [0.1, 0.15) is 33.6 Å². The van der Waals surface area contributed by atoms with E-state index in [1.165, 1.54) is 5.57 Å². The molecular weight excluding hydrogens is 378 g/mol. The Kier molecular flexibility index (Phi) is 5.74. The van der Waals surface area contributed by atoms with Gasteiger partial charge in [0, 0.05) is 32.3 Å². The lowest BCUT2D eigenvalue weighted by Crippen LogP contribution is -2.41. The summed E-state index contributed by atoms with van der Waals surface area (Å²) in [6.07, 6.45) is 7.77. The van der Waals surface area contributed by atoms with Gasteiger partial charge in [0.05, 0.1) is 22.9 Å². The van der Waals surface area contributed by atoms with Crippen LogP contribution in [-0.4, -0.2) is 39.9 Å². The van der Waals surface area contributed by atoms with Gasteiger partial charge in [-0.25, -0.2) is 4.98 Å². The Bertz CT molecular complexity index is 990. The summed E-state index contributed by atoms with van der Waals surface area (Å²) in [7, 11) is 0. The number of nitrogens with one attached hydrogen (secondary N) is 4. The number of rotatable bonds is 5. The molecule has 2 aliphatic heterocycles. The molecule has 2 aromatic heterocycles. The zero-order valence-corrected chi connectivity index (χ0v) is 17.7. The summed E-state index contributed by atoms with van der Waals surface area (Å²) >= 11 is 0. The minimum atomic E-state index is 0.152. The molecule has 1 saturated heterocycles. The van der Waals surface area contributed by atoms with E-state index in [0.29, 0.717) is 12.0 Å². The highest BCUT2D eigenvalue weighted by Crippen LogP contribution is 2.22. The van der Waals surface area contributed by atoms with Crippen LogP contribution in [0.15, 0.2) is 48.1 Å². The van der Waals surface area contributed by atoms with E-state index in [4.69, 9.17) is 4.98 Å². The van der Waals surface area contributed by atoms with E-state index in [2.05, 4.69) is 46.4 Å². The molecular formula is C22H29N7O.